The second-order valence-corrected chi connectivity index (χ2v) is 2.96. The fraction of sp³-hybridized carbons (Fsp3) is 1.00. The van der Waals surface area contributed by atoms with Gasteiger partial charge in [-0.1, -0.05) is 6.92 Å². The van der Waals surface area contributed by atoms with Crippen molar-refractivity contribution in [3.63, 3.8) is 0 Å². The van der Waals surface area contributed by atoms with E-state index >= 15 is 0 Å². The minimum Gasteiger partial charge on any atom is -0.346 e. The van der Waals surface area contributed by atoms with Crippen molar-refractivity contribution in [1.82, 2.24) is 0 Å². The molecule has 0 heterocycles. The van der Waals surface area contributed by atoms with Crippen LogP contribution in [0.3, 0.4) is 0 Å². The molecule has 2 atom stereocenters. The maximum atomic E-state index is 10.1. The van der Waals surface area contributed by atoms with Gasteiger partial charge < -0.3 is 10.6 Å². The van der Waals surface area contributed by atoms with Gasteiger partial charge in [0.25, 0.3) is 0 Å². The summed E-state index contributed by atoms with van der Waals surface area (Å²) >= 11 is 0. The van der Waals surface area contributed by atoms with E-state index in [4.69, 9.17) is 10.6 Å². The molecule has 0 aromatic rings. The fourth-order valence-electron chi connectivity index (χ4n) is 0.369. The summed E-state index contributed by atoms with van der Waals surface area (Å²) in [6, 6.07) is -0.0913. The molecule has 3 N–H and O–H groups in total. The Morgan fingerprint density at radius 2 is 2.38 bits per heavy atom. The van der Waals surface area contributed by atoms with E-state index in [9.17, 15) is 4.57 Å². The number of hydrogen-bond donors (Lipinski definition) is 2. The van der Waals surface area contributed by atoms with Crippen molar-refractivity contribution < 1.29 is 9.46 Å². The Labute approximate surface area is 49.8 Å². The largest absolute Gasteiger partial charge is 0.346 e. The third kappa shape index (κ3) is 4.31. The van der Waals surface area contributed by atoms with Gasteiger partial charge in [0.05, 0.1) is 0 Å². The van der Waals surface area contributed by atoms with Crippen LogP contribution in [-0.4, -0.2) is 17.1 Å². The topological polar surface area (TPSA) is 63.3 Å². The Balaban J connectivity index is 3.24. The zero-order valence-electron chi connectivity index (χ0n) is 4.92. The van der Waals surface area contributed by atoms with E-state index in [0.29, 0.717) is 0 Å². The van der Waals surface area contributed by atoms with Crippen LogP contribution in [0.2, 0.25) is 0 Å². The Kier molecular flexibility index (Phi) is 4.15. The zero-order valence-corrected chi connectivity index (χ0v) is 5.92. The van der Waals surface area contributed by atoms with Crippen molar-refractivity contribution in [2.45, 2.75) is 19.4 Å². The lowest BCUT2D eigenvalue weighted by Crippen LogP contribution is -2.20. The first-order valence-electron chi connectivity index (χ1n) is 2.64. The van der Waals surface area contributed by atoms with Crippen LogP contribution in [0.15, 0.2) is 0 Å². The minimum absolute atomic E-state index is 0.0913. The van der Waals surface area contributed by atoms with Gasteiger partial charge in [-0.3, -0.25) is 4.57 Å². The molecule has 0 radical (unpaired) electrons. The first-order valence-corrected chi connectivity index (χ1v) is 4.20. The van der Waals surface area contributed by atoms with Gasteiger partial charge in [-0.05, 0) is 6.42 Å². The molecule has 4 heteroatoms. The smallest absolute Gasteiger partial charge is 0.190 e. The van der Waals surface area contributed by atoms with Crippen LogP contribution in [0.1, 0.15) is 13.3 Å². The van der Waals surface area contributed by atoms with Crippen LogP contribution in [-0.2, 0) is 4.57 Å². The standard InChI is InChI=1S/C4H12NO2P/c1-2-4(5)3-8(6)7/h4,8H,2-3,5H2,1H3,(H,6,7). The molecular weight excluding hydrogens is 125 g/mol. The predicted octanol–water partition coefficient (Wildman–Crippen LogP) is 0.191. The highest BCUT2D eigenvalue weighted by Gasteiger charge is 2.00. The van der Waals surface area contributed by atoms with Crippen molar-refractivity contribution in [3.8, 4) is 0 Å². The summed E-state index contributed by atoms with van der Waals surface area (Å²) in [5, 5.41) is 0. The molecule has 0 amide bonds. The Morgan fingerprint density at radius 3 is 2.50 bits per heavy atom. The third-order valence-electron chi connectivity index (χ3n) is 0.961. The quantitative estimate of drug-likeness (QED) is 0.546. The predicted molar refractivity (Wildman–Crippen MR) is 34.4 cm³/mol. The summed E-state index contributed by atoms with van der Waals surface area (Å²) < 4.78 is 10.1. The summed E-state index contributed by atoms with van der Waals surface area (Å²) in [5.74, 6) is 0. The van der Waals surface area contributed by atoms with Crippen LogP contribution in [0, 0.1) is 0 Å². The van der Waals surface area contributed by atoms with E-state index < -0.39 is 8.03 Å². The van der Waals surface area contributed by atoms with Gasteiger partial charge in [0.15, 0.2) is 8.03 Å². The molecule has 0 bridgehead atoms. The lowest BCUT2D eigenvalue weighted by atomic mass is 10.3. The van der Waals surface area contributed by atoms with E-state index in [1.54, 1.807) is 0 Å². The second-order valence-electron chi connectivity index (χ2n) is 1.77. The molecule has 0 rings (SSSR count). The van der Waals surface area contributed by atoms with Gasteiger partial charge in [-0.25, -0.2) is 0 Å². The molecule has 8 heavy (non-hydrogen) atoms. The van der Waals surface area contributed by atoms with Crippen molar-refractivity contribution in [2.24, 2.45) is 5.73 Å². The van der Waals surface area contributed by atoms with Crippen LogP contribution >= 0.6 is 8.03 Å². The lowest BCUT2D eigenvalue weighted by Gasteiger charge is -2.02. The van der Waals surface area contributed by atoms with E-state index in [-0.39, 0.29) is 12.2 Å². The zero-order chi connectivity index (χ0) is 6.57. The van der Waals surface area contributed by atoms with Gasteiger partial charge in [-0.15, -0.1) is 0 Å². The molecule has 0 aliphatic carbocycles. The Bertz CT molecular complexity index is 86.1. The summed E-state index contributed by atoms with van der Waals surface area (Å²) in [7, 11) is -2.32. The summed E-state index contributed by atoms with van der Waals surface area (Å²) in [6.45, 7) is 1.90. The normalized spacial score (nSPS) is 17.9. The molecule has 0 aromatic carbocycles. The van der Waals surface area contributed by atoms with E-state index in [2.05, 4.69) is 0 Å². The highest BCUT2D eigenvalue weighted by atomic mass is 31.1. The lowest BCUT2D eigenvalue weighted by molar-refractivity contribution is 0.496. The molecule has 0 saturated carbocycles. The van der Waals surface area contributed by atoms with Crippen LogP contribution in [0.25, 0.3) is 0 Å². The fourth-order valence-corrected chi connectivity index (χ4v) is 1.11. The number of hydrogen-bond acceptors (Lipinski definition) is 2. The molecule has 0 aliphatic heterocycles. The van der Waals surface area contributed by atoms with Crippen LogP contribution < -0.4 is 5.73 Å². The molecule has 0 aliphatic rings. The number of rotatable bonds is 3. The average Bonchev–Trinajstić information content (AvgIpc) is 1.65. The van der Waals surface area contributed by atoms with Crippen molar-refractivity contribution >= 4 is 8.03 Å². The maximum absolute atomic E-state index is 10.1. The van der Waals surface area contributed by atoms with Gasteiger partial charge >= 0.3 is 0 Å². The van der Waals surface area contributed by atoms with Crippen molar-refractivity contribution in [2.75, 3.05) is 6.16 Å². The van der Waals surface area contributed by atoms with Gasteiger partial charge in [0, 0.05) is 12.2 Å². The van der Waals surface area contributed by atoms with E-state index in [0.717, 1.165) is 6.42 Å². The molecule has 0 aromatic heterocycles. The minimum atomic E-state index is -2.32. The monoisotopic (exact) mass is 137 g/mol. The maximum Gasteiger partial charge on any atom is 0.190 e. The van der Waals surface area contributed by atoms with Crippen molar-refractivity contribution in [3.05, 3.63) is 0 Å². The summed E-state index contributed by atoms with van der Waals surface area (Å²) in [6.07, 6.45) is 1.04. The Hall–Kier alpha value is 0.150. The molecule has 0 spiro atoms. The highest BCUT2D eigenvalue weighted by molar-refractivity contribution is 7.38. The summed E-state index contributed by atoms with van der Waals surface area (Å²) in [4.78, 5) is 8.32. The first-order chi connectivity index (χ1) is 3.66. The average molecular weight is 137 g/mol. The Morgan fingerprint density at radius 1 is 1.88 bits per heavy atom. The summed E-state index contributed by atoms with van der Waals surface area (Å²) in [5.41, 5.74) is 5.34. The SMILES string of the molecule is CCC(N)C[PH](=O)O. The first kappa shape index (κ1) is 8.15. The molecular formula is C4H12NO2P. The van der Waals surface area contributed by atoms with E-state index in [1.165, 1.54) is 0 Å². The van der Waals surface area contributed by atoms with Gasteiger partial charge in [0.2, 0.25) is 0 Å². The number of nitrogens with two attached hydrogens (primary N) is 1. The van der Waals surface area contributed by atoms with Gasteiger partial charge in [-0.2, -0.15) is 0 Å². The second kappa shape index (κ2) is 4.07. The van der Waals surface area contributed by atoms with Crippen molar-refractivity contribution in [1.29, 1.82) is 0 Å². The van der Waals surface area contributed by atoms with Gasteiger partial charge in [0.1, 0.15) is 0 Å². The molecule has 3 nitrogen and oxygen atoms in total. The molecule has 2 unspecified atom stereocenters. The van der Waals surface area contributed by atoms with Crippen LogP contribution in [0.4, 0.5) is 0 Å². The van der Waals surface area contributed by atoms with E-state index in [1.807, 2.05) is 6.92 Å². The highest BCUT2D eigenvalue weighted by Crippen LogP contribution is 2.13. The molecule has 0 fully saturated rings. The molecule has 0 saturated heterocycles. The van der Waals surface area contributed by atoms with Crippen LogP contribution in [0.5, 0.6) is 0 Å². The third-order valence-corrected chi connectivity index (χ3v) is 1.83. The molecule has 50 valence electrons.